The number of aromatic nitrogens is 1. The molecule has 0 aliphatic heterocycles. The Morgan fingerprint density at radius 3 is 2.56 bits per heavy atom. The van der Waals surface area contributed by atoms with Crippen molar-refractivity contribution in [1.82, 2.24) is 4.98 Å². The molecule has 0 atom stereocenters. The van der Waals surface area contributed by atoms with Gasteiger partial charge in [0, 0.05) is 5.56 Å². The van der Waals surface area contributed by atoms with Crippen LogP contribution in [0.1, 0.15) is 21.6 Å². The van der Waals surface area contributed by atoms with Gasteiger partial charge in [-0.15, -0.1) is 0 Å². The third-order valence-electron chi connectivity index (χ3n) is 2.34. The Bertz CT molecular complexity index is 537. The number of hydrogen-bond donors (Lipinski definition) is 0. The summed E-state index contributed by atoms with van der Waals surface area (Å²) in [7, 11) is 0. The van der Waals surface area contributed by atoms with Crippen molar-refractivity contribution in [3.05, 3.63) is 63.9 Å². The normalized spacial score (nSPS) is 10.1. The highest BCUT2D eigenvalue weighted by molar-refractivity contribution is 9.10. The Morgan fingerprint density at radius 2 is 1.88 bits per heavy atom. The molecule has 80 valence electrons. The molecule has 0 spiro atoms. The largest absolute Gasteiger partial charge is 0.287 e. The lowest BCUT2D eigenvalue weighted by molar-refractivity contribution is 0.103. The van der Waals surface area contributed by atoms with Crippen molar-refractivity contribution in [3.63, 3.8) is 0 Å². The zero-order chi connectivity index (χ0) is 11.5. The smallest absolute Gasteiger partial charge is 0.211 e. The molecular weight excluding hydrogens is 266 g/mol. The van der Waals surface area contributed by atoms with Crippen molar-refractivity contribution < 1.29 is 4.79 Å². The minimum absolute atomic E-state index is 0.0422. The number of carbonyl (C=O) groups excluding carboxylic acids is 1. The van der Waals surface area contributed by atoms with Gasteiger partial charge in [-0.1, -0.05) is 30.3 Å². The molecule has 0 fully saturated rings. The molecule has 0 N–H and O–H groups in total. The number of rotatable bonds is 2. The number of nitrogens with zero attached hydrogens (tertiary/aromatic N) is 1. The number of pyridine rings is 1. The minimum Gasteiger partial charge on any atom is -0.287 e. The van der Waals surface area contributed by atoms with Crippen LogP contribution in [0.2, 0.25) is 0 Å². The standard InChI is InChI=1S/C13H10BrNO/c1-9-5-2-3-6-10(9)13(16)11-7-4-8-12(14)15-11/h2-8H,1H3. The van der Waals surface area contributed by atoms with E-state index in [2.05, 4.69) is 20.9 Å². The fraction of sp³-hybridized carbons (Fsp3) is 0.0769. The second kappa shape index (κ2) is 4.58. The molecule has 0 aliphatic carbocycles. The molecule has 0 amide bonds. The number of benzene rings is 1. The van der Waals surface area contributed by atoms with Crippen LogP contribution in [0.5, 0.6) is 0 Å². The molecule has 2 rings (SSSR count). The highest BCUT2D eigenvalue weighted by Crippen LogP contribution is 2.14. The van der Waals surface area contributed by atoms with Crippen LogP contribution in [0, 0.1) is 6.92 Å². The first-order valence-electron chi connectivity index (χ1n) is 4.91. The van der Waals surface area contributed by atoms with Gasteiger partial charge in [0.05, 0.1) is 0 Å². The van der Waals surface area contributed by atoms with Crippen LogP contribution in [0.25, 0.3) is 0 Å². The van der Waals surface area contributed by atoms with E-state index in [1.54, 1.807) is 12.1 Å². The minimum atomic E-state index is -0.0422. The molecule has 16 heavy (non-hydrogen) atoms. The fourth-order valence-electron chi connectivity index (χ4n) is 1.50. The van der Waals surface area contributed by atoms with Gasteiger partial charge in [0.25, 0.3) is 0 Å². The van der Waals surface area contributed by atoms with E-state index in [1.807, 2.05) is 37.3 Å². The number of hydrogen-bond acceptors (Lipinski definition) is 2. The van der Waals surface area contributed by atoms with Crippen LogP contribution in [0.3, 0.4) is 0 Å². The molecule has 0 saturated heterocycles. The molecule has 2 aromatic rings. The van der Waals surface area contributed by atoms with E-state index in [0.717, 1.165) is 5.56 Å². The lowest BCUT2D eigenvalue weighted by Gasteiger charge is -2.03. The Morgan fingerprint density at radius 1 is 1.12 bits per heavy atom. The van der Waals surface area contributed by atoms with E-state index >= 15 is 0 Å². The van der Waals surface area contributed by atoms with Gasteiger partial charge in [-0.25, -0.2) is 4.98 Å². The summed E-state index contributed by atoms with van der Waals surface area (Å²) in [4.78, 5) is 16.3. The Kier molecular flexibility index (Phi) is 3.15. The highest BCUT2D eigenvalue weighted by atomic mass is 79.9. The molecule has 0 bridgehead atoms. The van der Waals surface area contributed by atoms with E-state index in [9.17, 15) is 4.79 Å². The second-order valence-electron chi connectivity index (χ2n) is 3.49. The van der Waals surface area contributed by atoms with Gasteiger partial charge < -0.3 is 0 Å². The molecule has 3 heteroatoms. The van der Waals surface area contributed by atoms with Crippen LogP contribution < -0.4 is 0 Å². The molecular formula is C13H10BrNO. The Hall–Kier alpha value is -1.48. The topological polar surface area (TPSA) is 30.0 Å². The molecule has 0 unspecified atom stereocenters. The van der Waals surface area contributed by atoms with Gasteiger partial charge >= 0.3 is 0 Å². The maximum absolute atomic E-state index is 12.1. The molecule has 0 radical (unpaired) electrons. The molecule has 1 aromatic heterocycles. The van der Waals surface area contributed by atoms with Crippen molar-refractivity contribution in [3.8, 4) is 0 Å². The maximum Gasteiger partial charge on any atom is 0.211 e. The zero-order valence-corrected chi connectivity index (χ0v) is 10.4. The third-order valence-corrected chi connectivity index (χ3v) is 2.78. The first kappa shape index (κ1) is 11.0. The summed E-state index contributed by atoms with van der Waals surface area (Å²) in [6, 6.07) is 12.8. The third kappa shape index (κ3) is 2.19. The van der Waals surface area contributed by atoms with Crippen LogP contribution in [0.4, 0.5) is 0 Å². The van der Waals surface area contributed by atoms with Gasteiger partial charge in [0.15, 0.2) is 0 Å². The van der Waals surface area contributed by atoms with Crippen molar-refractivity contribution in [2.24, 2.45) is 0 Å². The summed E-state index contributed by atoms with van der Waals surface area (Å²) in [5.41, 5.74) is 2.13. The fourth-order valence-corrected chi connectivity index (χ4v) is 1.84. The molecule has 0 saturated carbocycles. The summed E-state index contributed by atoms with van der Waals surface area (Å²) >= 11 is 3.26. The predicted octanol–water partition coefficient (Wildman–Crippen LogP) is 3.38. The first-order chi connectivity index (χ1) is 7.68. The van der Waals surface area contributed by atoms with E-state index in [0.29, 0.717) is 15.9 Å². The highest BCUT2D eigenvalue weighted by Gasteiger charge is 2.12. The monoisotopic (exact) mass is 275 g/mol. The number of aryl methyl sites for hydroxylation is 1. The number of halogens is 1. The Labute approximate surface area is 102 Å². The van der Waals surface area contributed by atoms with Crippen molar-refractivity contribution in [2.45, 2.75) is 6.92 Å². The summed E-state index contributed by atoms with van der Waals surface area (Å²) in [6.45, 7) is 1.92. The quantitative estimate of drug-likeness (QED) is 0.621. The van der Waals surface area contributed by atoms with Crippen LogP contribution in [0.15, 0.2) is 47.1 Å². The average Bonchev–Trinajstić information content (AvgIpc) is 2.29. The lowest BCUT2D eigenvalue weighted by Crippen LogP contribution is -2.05. The van der Waals surface area contributed by atoms with Crippen molar-refractivity contribution in [1.29, 1.82) is 0 Å². The predicted molar refractivity (Wildman–Crippen MR) is 66.5 cm³/mol. The molecule has 1 heterocycles. The number of carbonyl (C=O) groups is 1. The second-order valence-corrected chi connectivity index (χ2v) is 4.30. The van der Waals surface area contributed by atoms with E-state index in [-0.39, 0.29) is 5.78 Å². The zero-order valence-electron chi connectivity index (χ0n) is 8.77. The van der Waals surface area contributed by atoms with Crippen molar-refractivity contribution in [2.75, 3.05) is 0 Å². The SMILES string of the molecule is Cc1ccccc1C(=O)c1cccc(Br)n1. The van der Waals surface area contributed by atoms with Gasteiger partial charge in [-0.3, -0.25) is 4.79 Å². The van der Waals surface area contributed by atoms with Crippen LogP contribution >= 0.6 is 15.9 Å². The lowest BCUT2D eigenvalue weighted by atomic mass is 10.0. The molecule has 2 nitrogen and oxygen atoms in total. The Balaban J connectivity index is 2.44. The van der Waals surface area contributed by atoms with Gasteiger partial charge in [-0.05, 0) is 40.5 Å². The number of ketones is 1. The van der Waals surface area contributed by atoms with Gasteiger partial charge in [0.1, 0.15) is 10.3 Å². The summed E-state index contributed by atoms with van der Waals surface area (Å²) in [5.74, 6) is -0.0422. The van der Waals surface area contributed by atoms with E-state index in [1.165, 1.54) is 0 Å². The van der Waals surface area contributed by atoms with E-state index in [4.69, 9.17) is 0 Å². The van der Waals surface area contributed by atoms with Crippen LogP contribution in [-0.4, -0.2) is 10.8 Å². The summed E-state index contributed by atoms with van der Waals surface area (Å²) in [5, 5.41) is 0. The van der Waals surface area contributed by atoms with E-state index < -0.39 is 0 Å². The van der Waals surface area contributed by atoms with Gasteiger partial charge in [-0.2, -0.15) is 0 Å². The van der Waals surface area contributed by atoms with Crippen molar-refractivity contribution >= 4 is 21.7 Å². The van der Waals surface area contributed by atoms with Crippen LogP contribution in [-0.2, 0) is 0 Å². The van der Waals surface area contributed by atoms with Gasteiger partial charge in [0.2, 0.25) is 5.78 Å². The average molecular weight is 276 g/mol. The maximum atomic E-state index is 12.1. The first-order valence-corrected chi connectivity index (χ1v) is 5.70. The summed E-state index contributed by atoms with van der Waals surface area (Å²) in [6.07, 6.45) is 0. The molecule has 1 aromatic carbocycles. The molecule has 0 aliphatic rings. The summed E-state index contributed by atoms with van der Waals surface area (Å²) < 4.78 is 0.673.